The zero-order valence-electron chi connectivity index (χ0n) is 15.6. The van der Waals surface area contributed by atoms with E-state index in [2.05, 4.69) is 34.3 Å². The minimum absolute atomic E-state index is 0.0197. The van der Waals surface area contributed by atoms with Crippen LogP contribution in [-0.2, 0) is 13.1 Å². The molecular formula is C21H23BrClN3O. The highest BCUT2D eigenvalue weighted by Gasteiger charge is 2.19. The third-order valence-corrected chi connectivity index (χ3v) is 5.15. The molecule has 0 radical (unpaired) electrons. The molecule has 0 spiro atoms. The summed E-state index contributed by atoms with van der Waals surface area (Å²) in [5, 5.41) is 0.696. The van der Waals surface area contributed by atoms with Crippen LogP contribution in [-0.4, -0.2) is 26.9 Å². The molecule has 6 heteroatoms. The van der Waals surface area contributed by atoms with Gasteiger partial charge in [-0.05, 0) is 49.2 Å². The van der Waals surface area contributed by atoms with Crippen molar-refractivity contribution in [1.29, 1.82) is 0 Å². The first kappa shape index (κ1) is 19.9. The van der Waals surface area contributed by atoms with Crippen LogP contribution in [0.15, 0.2) is 46.9 Å². The van der Waals surface area contributed by atoms with E-state index < -0.39 is 0 Å². The van der Waals surface area contributed by atoms with Crippen molar-refractivity contribution in [3.05, 3.63) is 63.3 Å². The monoisotopic (exact) mass is 447 g/mol. The number of aryl methyl sites for hydroxylation is 1. The van der Waals surface area contributed by atoms with Gasteiger partial charge in [0.05, 0.1) is 17.6 Å². The fraction of sp³-hybridized carbons (Fsp3) is 0.333. The number of hydrogen-bond donors (Lipinski definition) is 0. The van der Waals surface area contributed by atoms with Gasteiger partial charge < -0.3 is 9.47 Å². The van der Waals surface area contributed by atoms with Gasteiger partial charge in [-0.25, -0.2) is 4.98 Å². The predicted octanol–water partition coefficient (Wildman–Crippen LogP) is 5.91. The van der Waals surface area contributed by atoms with Gasteiger partial charge in [-0.15, -0.1) is 0 Å². The summed E-state index contributed by atoms with van der Waals surface area (Å²) in [7, 11) is 0. The Balaban J connectivity index is 1.96. The summed E-state index contributed by atoms with van der Waals surface area (Å²) < 4.78 is 3.08. The number of nitrogens with zero attached hydrogens (tertiary/aromatic N) is 3. The lowest BCUT2D eigenvalue weighted by Gasteiger charge is -2.22. The van der Waals surface area contributed by atoms with Crippen LogP contribution in [0.3, 0.4) is 0 Å². The number of amides is 1. The molecule has 0 fully saturated rings. The Bertz CT molecular complexity index is 954. The lowest BCUT2D eigenvalue weighted by molar-refractivity contribution is 0.0737. The second-order valence-electron chi connectivity index (χ2n) is 6.55. The van der Waals surface area contributed by atoms with Crippen molar-refractivity contribution in [3.63, 3.8) is 0 Å². The van der Waals surface area contributed by atoms with Gasteiger partial charge in [0.2, 0.25) is 0 Å². The SMILES string of the molecule is CCCN(Cc1nc2ccc(Cl)cc2n1CCC)C(=O)c1cccc(Br)c1. The summed E-state index contributed by atoms with van der Waals surface area (Å²) in [4.78, 5) is 19.7. The number of carbonyl (C=O) groups excluding carboxylic acids is 1. The maximum atomic E-state index is 13.1. The minimum Gasteiger partial charge on any atom is -0.331 e. The standard InChI is InChI=1S/C21H23BrClN3O/c1-3-10-25(21(27)15-6-5-7-16(22)12-15)14-20-24-18-9-8-17(23)13-19(18)26(20)11-4-2/h5-9,12-13H,3-4,10-11,14H2,1-2H3. The maximum absolute atomic E-state index is 13.1. The minimum atomic E-state index is 0.0197. The second-order valence-corrected chi connectivity index (χ2v) is 7.90. The van der Waals surface area contributed by atoms with Crippen LogP contribution in [0.4, 0.5) is 0 Å². The second kappa shape index (κ2) is 8.89. The van der Waals surface area contributed by atoms with Gasteiger partial charge in [0, 0.05) is 28.1 Å². The van der Waals surface area contributed by atoms with Crippen LogP contribution in [0.25, 0.3) is 11.0 Å². The van der Waals surface area contributed by atoms with Gasteiger partial charge in [0.25, 0.3) is 5.91 Å². The van der Waals surface area contributed by atoms with Gasteiger partial charge in [-0.1, -0.05) is 47.4 Å². The van der Waals surface area contributed by atoms with Gasteiger partial charge in [0.1, 0.15) is 5.82 Å². The number of benzene rings is 2. The Morgan fingerprint density at radius 3 is 2.70 bits per heavy atom. The van der Waals surface area contributed by atoms with Crippen LogP contribution in [0, 0.1) is 0 Å². The van der Waals surface area contributed by atoms with E-state index in [0.29, 0.717) is 23.7 Å². The number of hydrogen-bond acceptors (Lipinski definition) is 2. The van der Waals surface area contributed by atoms with E-state index in [-0.39, 0.29) is 5.91 Å². The summed E-state index contributed by atoms with van der Waals surface area (Å²) in [5.41, 5.74) is 2.61. The predicted molar refractivity (Wildman–Crippen MR) is 114 cm³/mol. The van der Waals surface area contributed by atoms with Crippen molar-refractivity contribution in [2.75, 3.05) is 6.54 Å². The highest BCUT2D eigenvalue weighted by Crippen LogP contribution is 2.23. The van der Waals surface area contributed by atoms with Gasteiger partial charge in [-0.3, -0.25) is 4.79 Å². The summed E-state index contributed by atoms with van der Waals surface area (Å²) in [6, 6.07) is 13.3. The van der Waals surface area contributed by atoms with Crippen molar-refractivity contribution in [3.8, 4) is 0 Å². The first-order chi connectivity index (χ1) is 13.0. The van der Waals surface area contributed by atoms with Gasteiger partial charge in [0.15, 0.2) is 0 Å². The van der Waals surface area contributed by atoms with Gasteiger partial charge in [-0.2, -0.15) is 0 Å². The maximum Gasteiger partial charge on any atom is 0.254 e. The molecule has 0 aliphatic rings. The number of rotatable bonds is 7. The van der Waals surface area contributed by atoms with E-state index in [1.54, 1.807) is 0 Å². The van der Waals surface area contributed by atoms with Crippen molar-refractivity contribution >= 4 is 44.5 Å². The highest BCUT2D eigenvalue weighted by atomic mass is 79.9. The van der Waals surface area contributed by atoms with Crippen LogP contribution >= 0.6 is 27.5 Å². The number of imidazole rings is 1. The molecule has 0 atom stereocenters. The molecule has 27 heavy (non-hydrogen) atoms. The Hall–Kier alpha value is -1.85. The van der Waals surface area contributed by atoms with Gasteiger partial charge >= 0.3 is 0 Å². The average molecular weight is 449 g/mol. The molecule has 1 amide bonds. The first-order valence-electron chi connectivity index (χ1n) is 9.23. The molecule has 0 saturated heterocycles. The first-order valence-corrected chi connectivity index (χ1v) is 10.4. The molecule has 0 aliphatic heterocycles. The lowest BCUT2D eigenvalue weighted by atomic mass is 10.2. The Morgan fingerprint density at radius 2 is 2.00 bits per heavy atom. The van der Waals surface area contributed by atoms with Crippen molar-refractivity contribution in [2.45, 2.75) is 39.8 Å². The number of aromatic nitrogens is 2. The lowest BCUT2D eigenvalue weighted by Crippen LogP contribution is -2.32. The Kier molecular flexibility index (Phi) is 6.55. The van der Waals surface area contributed by atoms with E-state index in [0.717, 1.165) is 40.7 Å². The Labute approximate surface area is 173 Å². The molecule has 3 rings (SSSR count). The fourth-order valence-electron chi connectivity index (χ4n) is 3.24. The summed E-state index contributed by atoms with van der Waals surface area (Å²) in [6.45, 7) is 6.22. The quantitative estimate of drug-likeness (QED) is 0.450. The summed E-state index contributed by atoms with van der Waals surface area (Å²) >= 11 is 9.64. The third-order valence-electron chi connectivity index (χ3n) is 4.42. The zero-order chi connectivity index (χ0) is 19.4. The molecule has 1 aromatic heterocycles. The van der Waals surface area contributed by atoms with E-state index in [1.807, 2.05) is 47.4 Å². The number of carbonyl (C=O) groups is 1. The molecule has 0 bridgehead atoms. The molecule has 3 aromatic rings. The van der Waals surface area contributed by atoms with Crippen LogP contribution in [0.5, 0.6) is 0 Å². The molecule has 0 N–H and O–H groups in total. The average Bonchev–Trinajstić information content (AvgIpc) is 2.98. The molecule has 0 aliphatic carbocycles. The molecule has 4 nitrogen and oxygen atoms in total. The van der Waals surface area contributed by atoms with Crippen molar-refractivity contribution in [1.82, 2.24) is 14.5 Å². The van der Waals surface area contributed by atoms with E-state index in [9.17, 15) is 4.79 Å². The smallest absolute Gasteiger partial charge is 0.254 e. The van der Waals surface area contributed by atoms with Crippen LogP contribution < -0.4 is 0 Å². The molecule has 0 unspecified atom stereocenters. The van der Waals surface area contributed by atoms with Crippen molar-refractivity contribution < 1.29 is 4.79 Å². The molecule has 2 aromatic carbocycles. The normalized spacial score (nSPS) is 11.1. The number of fused-ring (bicyclic) bond motifs is 1. The zero-order valence-corrected chi connectivity index (χ0v) is 17.9. The van der Waals surface area contributed by atoms with E-state index >= 15 is 0 Å². The van der Waals surface area contributed by atoms with Crippen molar-refractivity contribution in [2.24, 2.45) is 0 Å². The highest BCUT2D eigenvalue weighted by molar-refractivity contribution is 9.10. The summed E-state index contributed by atoms with van der Waals surface area (Å²) in [6.07, 6.45) is 1.87. The molecule has 0 saturated carbocycles. The van der Waals surface area contributed by atoms with E-state index in [1.165, 1.54) is 0 Å². The van der Waals surface area contributed by atoms with E-state index in [4.69, 9.17) is 16.6 Å². The largest absolute Gasteiger partial charge is 0.331 e. The van der Waals surface area contributed by atoms with Crippen LogP contribution in [0.1, 0.15) is 42.9 Å². The molecular weight excluding hydrogens is 426 g/mol. The Morgan fingerprint density at radius 1 is 1.19 bits per heavy atom. The fourth-order valence-corrected chi connectivity index (χ4v) is 3.80. The third kappa shape index (κ3) is 4.53. The number of halogens is 2. The summed E-state index contributed by atoms with van der Waals surface area (Å²) in [5.74, 6) is 0.914. The van der Waals surface area contributed by atoms with Crippen LogP contribution in [0.2, 0.25) is 5.02 Å². The molecule has 142 valence electrons. The topological polar surface area (TPSA) is 38.1 Å². The molecule has 1 heterocycles.